The van der Waals surface area contributed by atoms with Crippen molar-refractivity contribution in [3.05, 3.63) is 0 Å². The zero-order chi connectivity index (χ0) is 9.52. The first kappa shape index (κ1) is 9.40. The van der Waals surface area contributed by atoms with Gasteiger partial charge in [0.1, 0.15) is 12.2 Å². The van der Waals surface area contributed by atoms with Crippen LogP contribution in [0.25, 0.3) is 0 Å². The molecule has 1 amide bonds. The summed E-state index contributed by atoms with van der Waals surface area (Å²) in [6.07, 6.45) is -4.95. The van der Waals surface area contributed by atoms with Crippen LogP contribution in [-0.4, -0.2) is 50.4 Å². The van der Waals surface area contributed by atoms with E-state index in [0.29, 0.717) is 0 Å². The Labute approximate surface area is 68.4 Å². The van der Waals surface area contributed by atoms with Gasteiger partial charge < -0.3 is 25.7 Å². The number of amides is 1. The molecule has 6 heteroatoms. The first-order valence-corrected chi connectivity index (χ1v) is 3.45. The molecule has 0 saturated carbocycles. The maximum atomic E-state index is 10.8. The van der Waals surface area contributed by atoms with Gasteiger partial charge in [-0.25, -0.2) is 0 Å². The highest BCUT2D eigenvalue weighted by Crippen LogP contribution is 2.18. The maximum absolute atomic E-state index is 10.8. The van der Waals surface area contributed by atoms with Crippen LogP contribution >= 0.6 is 0 Å². The molecule has 0 aromatic heterocycles. The Bertz CT molecular complexity index is 204. The minimum Gasteiger partial charge on any atom is -0.387 e. The van der Waals surface area contributed by atoms with Gasteiger partial charge in [-0.1, -0.05) is 0 Å². The van der Waals surface area contributed by atoms with Crippen molar-refractivity contribution in [1.29, 1.82) is 0 Å². The summed E-state index contributed by atoms with van der Waals surface area (Å²) in [7, 11) is 0. The van der Waals surface area contributed by atoms with Crippen molar-refractivity contribution < 1.29 is 25.2 Å². The predicted molar refractivity (Wildman–Crippen MR) is 36.8 cm³/mol. The molecule has 6 nitrogen and oxygen atoms in total. The van der Waals surface area contributed by atoms with E-state index in [1.807, 2.05) is 5.32 Å². The molecular weight excluding hydrogens is 166 g/mol. The summed E-state index contributed by atoms with van der Waals surface area (Å²) in [6.45, 7) is 1.13. The summed E-state index contributed by atoms with van der Waals surface area (Å²) >= 11 is 0. The normalized spacial score (nSPS) is 48.8. The van der Waals surface area contributed by atoms with Crippen LogP contribution in [-0.2, 0) is 4.79 Å². The number of carbonyl (C=O) groups excluding carboxylic acids is 1. The Kier molecular flexibility index (Phi) is 2.09. The first-order valence-electron chi connectivity index (χ1n) is 3.45. The molecule has 1 aliphatic heterocycles. The maximum Gasteiger partial charge on any atom is 0.253 e. The molecule has 0 bridgehead atoms. The van der Waals surface area contributed by atoms with E-state index in [4.69, 9.17) is 15.3 Å². The van der Waals surface area contributed by atoms with E-state index in [1.54, 1.807) is 0 Å². The highest BCUT2D eigenvalue weighted by atomic mass is 16.4. The van der Waals surface area contributed by atoms with Gasteiger partial charge in [-0.3, -0.25) is 4.79 Å². The van der Waals surface area contributed by atoms with E-state index in [9.17, 15) is 9.90 Å². The van der Waals surface area contributed by atoms with E-state index in [0.717, 1.165) is 6.92 Å². The third-order valence-electron chi connectivity index (χ3n) is 1.87. The molecule has 0 aliphatic carbocycles. The van der Waals surface area contributed by atoms with E-state index in [2.05, 4.69) is 0 Å². The third-order valence-corrected chi connectivity index (χ3v) is 1.87. The fourth-order valence-corrected chi connectivity index (χ4v) is 1.06. The minimum absolute atomic E-state index is 0.905. The van der Waals surface area contributed by atoms with Gasteiger partial charge >= 0.3 is 0 Å². The van der Waals surface area contributed by atoms with E-state index < -0.39 is 29.9 Å². The average Bonchev–Trinajstić information content (AvgIpc) is 1.97. The lowest BCUT2D eigenvalue weighted by atomic mass is 9.94. The molecule has 70 valence electrons. The van der Waals surface area contributed by atoms with Gasteiger partial charge in [-0.05, 0) is 6.92 Å². The molecule has 1 rings (SSSR count). The van der Waals surface area contributed by atoms with Crippen LogP contribution in [0.15, 0.2) is 0 Å². The largest absolute Gasteiger partial charge is 0.387 e. The first-order chi connectivity index (χ1) is 5.36. The van der Waals surface area contributed by atoms with Crippen molar-refractivity contribution in [3.8, 4) is 0 Å². The average molecular weight is 177 g/mol. The van der Waals surface area contributed by atoms with Gasteiger partial charge in [-0.2, -0.15) is 0 Å². The second-order valence-corrected chi connectivity index (χ2v) is 3.02. The van der Waals surface area contributed by atoms with Gasteiger partial charge in [0.2, 0.25) is 0 Å². The molecule has 0 unspecified atom stereocenters. The molecule has 0 aromatic rings. The SMILES string of the molecule is C[C@]1(O)NC(=O)[C@H](O)[C@@H](O)[C@H]1O. The highest BCUT2D eigenvalue weighted by Gasteiger charge is 2.47. The standard InChI is InChI=1S/C6H11NO5/c1-6(12)4(10)2(8)3(9)5(11)7-6/h2-4,8-10,12H,1H3,(H,7,11)/t2-,3-,4-,6-/m1/s1. The zero-order valence-electron chi connectivity index (χ0n) is 6.43. The molecule has 4 atom stereocenters. The summed E-state index contributed by atoms with van der Waals surface area (Å²) in [5.74, 6) is -0.905. The lowest BCUT2D eigenvalue weighted by Crippen LogP contribution is -2.69. The summed E-state index contributed by atoms with van der Waals surface area (Å²) in [5.41, 5.74) is -1.89. The number of aliphatic hydroxyl groups is 4. The molecule has 1 aliphatic rings. The van der Waals surface area contributed by atoms with Crippen molar-refractivity contribution in [3.63, 3.8) is 0 Å². The summed E-state index contributed by atoms with van der Waals surface area (Å²) in [6, 6.07) is 0. The van der Waals surface area contributed by atoms with Gasteiger partial charge in [-0.15, -0.1) is 0 Å². The van der Waals surface area contributed by atoms with E-state index in [-0.39, 0.29) is 0 Å². The number of rotatable bonds is 0. The van der Waals surface area contributed by atoms with E-state index in [1.165, 1.54) is 0 Å². The number of nitrogens with one attached hydrogen (secondary N) is 1. The molecule has 1 fully saturated rings. The Morgan fingerprint density at radius 3 is 2.42 bits per heavy atom. The quantitative estimate of drug-likeness (QED) is 0.269. The third kappa shape index (κ3) is 1.29. The molecule has 0 radical (unpaired) electrons. The van der Waals surface area contributed by atoms with Gasteiger partial charge in [0.25, 0.3) is 5.91 Å². The van der Waals surface area contributed by atoms with Crippen LogP contribution in [0.2, 0.25) is 0 Å². The monoisotopic (exact) mass is 177 g/mol. The molecule has 5 N–H and O–H groups in total. The van der Waals surface area contributed by atoms with Gasteiger partial charge in [0, 0.05) is 0 Å². The van der Waals surface area contributed by atoms with Crippen molar-refractivity contribution >= 4 is 5.91 Å². The van der Waals surface area contributed by atoms with Crippen molar-refractivity contribution in [1.82, 2.24) is 5.32 Å². The highest BCUT2D eigenvalue weighted by molar-refractivity contribution is 5.83. The van der Waals surface area contributed by atoms with Crippen LogP contribution in [0.5, 0.6) is 0 Å². The number of piperidine rings is 1. The lowest BCUT2D eigenvalue weighted by Gasteiger charge is -2.39. The molecule has 12 heavy (non-hydrogen) atoms. The van der Waals surface area contributed by atoms with E-state index >= 15 is 0 Å². The second kappa shape index (κ2) is 2.67. The Hall–Kier alpha value is -0.690. The van der Waals surface area contributed by atoms with Gasteiger partial charge in [0.05, 0.1) is 0 Å². The summed E-state index contributed by atoms with van der Waals surface area (Å²) in [4.78, 5) is 10.8. The number of hydrogen-bond acceptors (Lipinski definition) is 5. The zero-order valence-corrected chi connectivity index (χ0v) is 6.43. The fraction of sp³-hybridized carbons (Fsp3) is 0.833. The van der Waals surface area contributed by atoms with Crippen LogP contribution < -0.4 is 5.32 Å². The summed E-state index contributed by atoms with van der Waals surface area (Å²) < 4.78 is 0. The number of aliphatic hydroxyl groups excluding tert-OH is 3. The summed E-state index contributed by atoms with van der Waals surface area (Å²) in [5, 5.41) is 38.3. The van der Waals surface area contributed by atoms with Crippen LogP contribution in [0.4, 0.5) is 0 Å². The number of carbonyl (C=O) groups is 1. The Morgan fingerprint density at radius 1 is 1.42 bits per heavy atom. The smallest absolute Gasteiger partial charge is 0.253 e. The Balaban J connectivity index is 2.85. The van der Waals surface area contributed by atoms with Gasteiger partial charge in [0.15, 0.2) is 11.8 Å². The molecule has 0 aromatic carbocycles. The second-order valence-electron chi connectivity index (χ2n) is 3.02. The van der Waals surface area contributed by atoms with Crippen molar-refractivity contribution in [2.24, 2.45) is 0 Å². The molecule has 0 spiro atoms. The topological polar surface area (TPSA) is 110 Å². The van der Waals surface area contributed by atoms with Crippen LogP contribution in [0.3, 0.4) is 0 Å². The van der Waals surface area contributed by atoms with Crippen molar-refractivity contribution in [2.45, 2.75) is 31.0 Å². The fourth-order valence-electron chi connectivity index (χ4n) is 1.06. The molecule has 1 saturated heterocycles. The minimum atomic E-state index is -1.89. The lowest BCUT2D eigenvalue weighted by molar-refractivity contribution is -0.195. The number of hydrogen-bond donors (Lipinski definition) is 5. The van der Waals surface area contributed by atoms with Crippen LogP contribution in [0, 0.1) is 0 Å². The molecular formula is C6H11NO5. The van der Waals surface area contributed by atoms with Crippen LogP contribution in [0.1, 0.15) is 6.92 Å². The molecule has 1 heterocycles. The van der Waals surface area contributed by atoms with Crippen molar-refractivity contribution in [2.75, 3.05) is 0 Å². The Morgan fingerprint density at radius 2 is 1.92 bits per heavy atom. The predicted octanol–water partition coefficient (Wildman–Crippen LogP) is -3.09.